The molecule has 1 heterocycles. The summed E-state index contributed by atoms with van der Waals surface area (Å²) in [5.41, 5.74) is -0.314. The van der Waals surface area contributed by atoms with Crippen LogP contribution < -0.4 is 14.2 Å². The molecule has 0 unspecified atom stereocenters. The molecule has 0 amide bonds. The van der Waals surface area contributed by atoms with E-state index in [0.29, 0.717) is 11.1 Å². The summed E-state index contributed by atoms with van der Waals surface area (Å²) in [5, 5.41) is 9.49. The minimum atomic E-state index is -1.50. The summed E-state index contributed by atoms with van der Waals surface area (Å²) in [6.07, 6.45) is -1.38. The van der Waals surface area contributed by atoms with Crippen molar-refractivity contribution in [2.45, 2.75) is 18.1 Å². The molecule has 196 valence electrons. The first kappa shape index (κ1) is 27.1. The lowest BCUT2D eigenvalue weighted by Gasteiger charge is -2.38. The Labute approximate surface area is 213 Å². The van der Waals surface area contributed by atoms with Crippen LogP contribution in [0.25, 0.3) is 0 Å². The van der Waals surface area contributed by atoms with E-state index < -0.39 is 22.8 Å². The fourth-order valence-corrected chi connectivity index (χ4v) is 3.68. The Morgan fingerprint density at radius 3 is 1.92 bits per heavy atom. The predicted molar refractivity (Wildman–Crippen MR) is 129 cm³/mol. The average molecular weight is 514 g/mol. The van der Waals surface area contributed by atoms with Gasteiger partial charge in [0.2, 0.25) is 17.9 Å². The number of esters is 1. The van der Waals surface area contributed by atoms with Gasteiger partial charge in [0.15, 0.2) is 5.60 Å². The van der Waals surface area contributed by atoms with E-state index in [1.807, 2.05) is 12.1 Å². The van der Waals surface area contributed by atoms with Gasteiger partial charge in [0.05, 0.1) is 33.5 Å². The first-order valence-corrected chi connectivity index (χ1v) is 11.2. The van der Waals surface area contributed by atoms with Gasteiger partial charge in [-0.1, -0.05) is 60.7 Å². The average Bonchev–Trinajstić information content (AvgIpc) is 2.93. The number of carbonyl (C=O) groups is 1. The van der Waals surface area contributed by atoms with Gasteiger partial charge in [0.25, 0.3) is 5.09 Å². The Kier molecular flexibility index (Phi) is 9.55. The van der Waals surface area contributed by atoms with Crippen molar-refractivity contribution in [1.29, 1.82) is 0 Å². The number of rotatable bonds is 14. The number of nitrogens with zero attached hydrogens (tertiary/aromatic N) is 3. The quantitative estimate of drug-likeness (QED) is 0.136. The summed E-state index contributed by atoms with van der Waals surface area (Å²) in [6, 6.07) is 19.2. The Morgan fingerprint density at radius 1 is 0.919 bits per heavy atom. The second-order valence-corrected chi connectivity index (χ2v) is 7.48. The molecule has 0 aliphatic carbocycles. The predicted octanol–water partition coefficient (Wildman–Crippen LogP) is 2.97. The van der Waals surface area contributed by atoms with E-state index in [1.165, 1.54) is 27.4 Å². The third kappa shape index (κ3) is 6.61. The van der Waals surface area contributed by atoms with E-state index in [1.54, 1.807) is 48.5 Å². The van der Waals surface area contributed by atoms with E-state index in [9.17, 15) is 14.9 Å². The molecule has 0 radical (unpaired) electrons. The zero-order valence-electron chi connectivity index (χ0n) is 20.6. The van der Waals surface area contributed by atoms with Crippen LogP contribution >= 0.6 is 0 Å². The second-order valence-electron chi connectivity index (χ2n) is 7.48. The Morgan fingerprint density at radius 2 is 1.46 bits per heavy atom. The zero-order valence-corrected chi connectivity index (χ0v) is 20.6. The van der Waals surface area contributed by atoms with E-state index in [-0.39, 0.29) is 37.4 Å². The molecule has 0 aliphatic rings. The van der Waals surface area contributed by atoms with Crippen LogP contribution in [0.1, 0.15) is 17.5 Å². The number of methoxy groups -OCH3 is 3. The molecular weight excluding hydrogens is 486 g/mol. The van der Waals surface area contributed by atoms with Gasteiger partial charge >= 0.3 is 12.0 Å². The number of aromatic nitrogens is 2. The molecule has 3 rings (SSSR count). The van der Waals surface area contributed by atoms with Crippen molar-refractivity contribution >= 4 is 5.97 Å². The largest absolute Gasteiger partial charge is 0.481 e. The van der Waals surface area contributed by atoms with Gasteiger partial charge in [-0.15, -0.1) is 10.1 Å². The molecule has 0 saturated heterocycles. The van der Waals surface area contributed by atoms with Gasteiger partial charge in [-0.3, -0.25) is 0 Å². The molecule has 12 heteroatoms. The van der Waals surface area contributed by atoms with Crippen LogP contribution in [0, 0.1) is 10.1 Å². The molecule has 12 nitrogen and oxygen atoms in total. The van der Waals surface area contributed by atoms with Crippen molar-refractivity contribution in [2.75, 3.05) is 34.5 Å². The van der Waals surface area contributed by atoms with E-state index in [4.69, 9.17) is 23.7 Å². The van der Waals surface area contributed by atoms with Crippen LogP contribution in [0.15, 0.2) is 66.7 Å². The molecule has 0 bridgehead atoms. The van der Waals surface area contributed by atoms with E-state index in [0.717, 1.165) is 0 Å². The molecule has 1 aromatic heterocycles. The highest BCUT2D eigenvalue weighted by atomic mass is 16.9. The summed E-state index contributed by atoms with van der Waals surface area (Å²) in [7, 11) is 4.27. The maximum absolute atomic E-state index is 13.6. The molecule has 1 atom stereocenters. The molecule has 37 heavy (non-hydrogen) atoms. The molecule has 0 spiro atoms. The Balaban J connectivity index is 2.08. The third-order valence-electron chi connectivity index (χ3n) is 5.34. The molecule has 0 aliphatic heterocycles. The van der Waals surface area contributed by atoms with Crippen molar-refractivity contribution in [2.24, 2.45) is 0 Å². The van der Waals surface area contributed by atoms with Crippen molar-refractivity contribution in [1.82, 2.24) is 9.97 Å². The summed E-state index contributed by atoms with van der Waals surface area (Å²) < 4.78 is 28.0. The minimum absolute atomic E-state index is 0.0829. The van der Waals surface area contributed by atoms with Gasteiger partial charge < -0.3 is 28.5 Å². The number of hydrogen-bond acceptors (Lipinski definition) is 11. The second kappa shape index (κ2) is 13.0. The number of benzene rings is 2. The molecule has 3 aromatic rings. The highest BCUT2D eigenvalue weighted by molar-refractivity contribution is 5.78. The van der Waals surface area contributed by atoms with Crippen LogP contribution in [0.5, 0.6) is 17.8 Å². The lowest BCUT2D eigenvalue weighted by molar-refractivity contribution is -0.757. The van der Waals surface area contributed by atoms with Crippen LogP contribution in [-0.2, 0) is 24.7 Å². The molecule has 0 fully saturated rings. The number of hydrogen-bond donors (Lipinski definition) is 0. The Hall–Kier alpha value is -4.45. The van der Waals surface area contributed by atoms with E-state index in [2.05, 4.69) is 14.8 Å². The highest BCUT2D eigenvalue weighted by Crippen LogP contribution is 2.39. The van der Waals surface area contributed by atoms with Crippen LogP contribution in [0.2, 0.25) is 0 Å². The minimum Gasteiger partial charge on any atom is -0.481 e. The third-order valence-corrected chi connectivity index (χ3v) is 5.34. The topological polar surface area (TPSA) is 141 Å². The SMILES string of the molecule is COc1cc(OC)nc(O[C@H](C(=O)OCCCO[N+](=O)[O-])C(OC)(c2ccccc2)c2ccccc2)n1. The van der Waals surface area contributed by atoms with Crippen molar-refractivity contribution in [3.8, 4) is 17.8 Å². The van der Waals surface area contributed by atoms with Crippen LogP contribution in [-0.4, -0.2) is 61.7 Å². The summed E-state index contributed by atoms with van der Waals surface area (Å²) >= 11 is 0. The van der Waals surface area contributed by atoms with Gasteiger partial charge in [-0.05, 0) is 11.1 Å². The standard InChI is InChI=1S/C25H27N3O9/c1-32-20-17-21(33-2)27-24(26-20)37-22(23(29)35-15-10-16-36-28(30)31)25(34-3,18-11-6-4-7-12-18)19-13-8-5-9-14-19/h4-9,11-14,17,22H,10,15-16H2,1-3H3/t22-/m1/s1. The summed E-state index contributed by atoms with van der Waals surface area (Å²) in [5.74, 6) is -0.525. The van der Waals surface area contributed by atoms with Gasteiger partial charge in [-0.2, -0.15) is 9.97 Å². The normalized spacial score (nSPS) is 11.8. The molecule has 0 N–H and O–H groups in total. The first-order chi connectivity index (χ1) is 17.9. The van der Waals surface area contributed by atoms with Crippen molar-refractivity contribution in [3.05, 3.63) is 88.0 Å². The zero-order chi connectivity index (χ0) is 26.7. The maximum Gasteiger partial charge on any atom is 0.351 e. The van der Waals surface area contributed by atoms with Crippen molar-refractivity contribution in [3.63, 3.8) is 0 Å². The van der Waals surface area contributed by atoms with Gasteiger partial charge in [-0.25, -0.2) is 4.79 Å². The van der Waals surface area contributed by atoms with E-state index >= 15 is 0 Å². The van der Waals surface area contributed by atoms with Gasteiger partial charge in [0, 0.05) is 13.5 Å². The molecule has 0 saturated carbocycles. The van der Waals surface area contributed by atoms with Crippen molar-refractivity contribution < 1.29 is 38.4 Å². The van der Waals surface area contributed by atoms with Gasteiger partial charge in [0.1, 0.15) is 0 Å². The number of carbonyl (C=O) groups excluding carboxylic acids is 1. The highest BCUT2D eigenvalue weighted by Gasteiger charge is 2.50. The Bertz CT molecular complexity index is 1100. The lowest BCUT2D eigenvalue weighted by Crippen LogP contribution is -2.51. The van der Waals surface area contributed by atoms with Crippen LogP contribution in [0.4, 0.5) is 0 Å². The smallest absolute Gasteiger partial charge is 0.351 e. The summed E-state index contributed by atoms with van der Waals surface area (Å²) in [4.78, 5) is 36.7. The summed E-state index contributed by atoms with van der Waals surface area (Å²) in [6.45, 7) is -0.410. The molecular formula is C25H27N3O9. The fraction of sp³-hybridized carbons (Fsp3) is 0.320. The first-order valence-electron chi connectivity index (χ1n) is 11.2. The fourth-order valence-electron chi connectivity index (χ4n) is 3.68. The maximum atomic E-state index is 13.6. The molecule has 2 aromatic carbocycles. The van der Waals surface area contributed by atoms with Crippen LogP contribution in [0.3, 0.4) is 0 Å². The monoisotopic (exact) mass is 513 g/mol. The lowest BCUT2D eigenvalue weighted by atomic mass is 9.81. The number of ether oxygens (including phenoxy) is 5.